The SMILES string of the molecule is CC1(C)CN(c2cc(F)c(-c3ccc(OCc4ccccc4)nc3OCc3ccccc3)c(F)c2)CC1C(=O)O. The standard InChI is InChI=1S/C32H30F2N2O4/c1-32(2)20-36(17-25(32)31(37)38)23-15-26(33)29(27(34)16-23)24-13-14-28(39-18-21-9-5-3-6-10-21)35-30(24)40-19-22-11-7-4-8-12-22/h3-16,25H,17-20H2,1-2H3,(H,37,38). The second-order valence-corrected chi connectivity index (χ2v) is 10.6. The number of carbonyl (C=O) groups is 1. The first kappa shape index (κ1) is 27.1. The highest BCUT2D eigenvalue weighted by molar-refractivity contribution is 5.75. The van der Waals surface area contributed by atoms with E-state index in [1.165, 1.54) is 18.2 Å². The van der Waals surface area contributed by atoms with Crippen LogP contribution in [0.3, 0.4) is 0 Å². The van der Waals surface area contributed by atoms with Crippen molar-refractivity contribution in [1.29, 1.82) is 0 Å². The Bertz CT molecular complexity index is 1470. The third kappa shape index (κ3) is 5.91. The minimum atomic E-state index is -0.925. The molecular formula is C32H30F2N2O4. The van der Waals surface area contributed by atoms with E-state index in [9.17, 15) is 9.90 Å². The molecule has 1 aliphatic heterocycles. The molecule has 40 heavy (non-hydrogen) atoms. The summed E-state index contributed by atoms with van der Waals surface area (Å²) < 4.78 is 43.0. The van der Waals surface area contributed by atoms with E-state index in [1.807, 2.05) is 74.5 Å². The lowest BCUT2D eigenvalue weighted by Gasteiger charge is -2.23. The lowest BCUT2D eigenvalue weighted by atomic mass is 9.82. The Hall–Kier alpha value is -4.46. The van der Waals surface area contributed by atoms with E-state index in [4.69, 9.17) is 9.47 Å². The predicted molar refractivity (Wildman–Crippen MR) is 148 cm³/mol. The molecule has 1 atom stereocenters. The molecule has 206 valence electrons. The summed E-state index contributed by atoms with van der Waals surface area (Å²) in [6.45, 7) is 4.63. The van der Waals surface area contributed by atoms with Crippen LogP contribution in [0.4, 0.5) is 14.5 Å². The Morgan fingerprint density at radius 3 is 2.05 bits per heavy atom. The van der Waals surface area contributed by atoms with Crippen LogP contribution in [-0.2, 0) is 18.0 Å². The summed E-state index contributed by atoms with van der Waals surface area (Å²) in [4.78, 5) is 17.9. The van der Waals surface area contributed by atoms with Crippen molar-refractivity contribution in [2.45, 2.75) is 27.1 Å². The van der Waals surface area contributed by atoms with Gasteiger partial charge in [0.15, 0.2) is 0 Å². The van der Waals surface area contributed by atoms with Crippen molar-refractivity contribution in [3.8, 4) is 22.9 Å². The number of carboxylic acid groups (broad SMARTS) is 1. The van der Waals surface area contributed by atoms with Gasteiger partial charge in [0.05, 0.1) is 17.0 Å². The Morgan fingerprint density at radius 2 is 1.50 bits per heavy atom. The molecule has 8 heteroatoms. The molecule has 1 fully saturated rings. The smallest absolute Gasteiger partial charge is 0.308 e. The molecule has 1 aliphatic rings. The molecule has 0 spiro atoms. The van der Waals surface area contributed by atoms with Crippen LogP contribution in [-0.4, -0.2) is 29.1 Å². The van der Waals surface area contributed by atoms with Gasteiger partial charge in [-0.3, -0.25) is 4.79 Å². The van der Waals surface area contributed by atoms with Gasteiger partial charge in [0.1, 0.15) is 24.8 Å². The van der Waals surface area contributed by atoms with Crippen molar-refractivity contribution in [1.82, 2.24) is 4.98 Å². The van der Waals surface area contributed by atoms with Gasteiger partial charge in [-0.25, -0.2) is 8.78 Å². The van der Waals surface area contributed by atoms with Crippen LogP contribution < -0.4 is 14.4 Å². The highest BCUT2D eigenvalue weighted by Crippen LogP contribution is 2.41. The first-order valence-corrected chi connectivity index (χ1v) is 13.0. The zero-order chi connectivity index (χ0) is 28.3. The third-order valence-electron chi connectivity index (χ3n) is 7.19. The van der Waals surface area contributed by atoms with E-state index < -0.39 is 28.9 Å². The average molecular weight is 545 g/mol. The Balaban J connectivity index is 1.46. The van der Waals surface area contributed by atoms with Crippen LogP contribution in [0.1, 0.15) is 25.0 Å². The van der Waals surface area contributed by atoms with Gasteiger partial charge in [0.2, 0.25) is 11.8 Å². The minimum Gasteiger partial charge on any atom is -0.481 e. The van der Waals surface area contributed by atoms with Gasteiger partial charge in [-0.05, 0) is 34.7 Å². The van der Waals surface area contributed by atoms with Gasteiger partial charge < -0.3 is 19.5 Å². The summed E-state index contributed by atoms with van der Waals surface area (Å²) in [5, 5.41) is 9.60. The zero-order valence-electron chi connectivity index (χ0n) is 22.3. The number of anilines is 1. The van der Waals surface area contributed by atoms with Crippen LogP contribution in [0.15, 0.2) is 84.9 Å². The fourth-order valence-electron chi connectivity index (χ4n) is 5.00. The van der Waals surface area contributed by atoms with Crippen LogP contribution >= 0.6 is 0 Å². The lowest BCUT2D eigenvalue weighted by Crippen LogP contribution is -2.28. The molecule has 5 rings (SSSR count). The number of pyridine rings is 1. The number of rotatable bonds is 9. The molecule has 3 aromatic carbocycles. The van der Waals surface area contributed by atoms with Gasteiger partial charge in [-0.2, -0.15) is 4.98 Å². The third-order valence-corrected chi connectivity index (χ3v) is 7.19. The molecule has 0 amide bonds. The lowest BCUT2D eigenvalue weighted by molar-refractivity contribution is -0.143. The summed E-state index contributed by atoms with van der Waals surface area (Å²) in [6, 6.07) is 24.5. The van der Waals surface area contributed by atoms with E-state index in [0.29, 0.717) is 6.54 Å². The van der Waals surface area contributed by atoms with Crippen molar-refractivity contribution in [2.24, 2.45) is 11.3 Å². The largest absolute Gasteiger partial charge is 0.481 e. The summed E-state index contributed by atoms with van der Waals surface area (Å²) in [5.41, 5.74) is 1.43. The molecule has 0 bridgehead atoms. The Morgan fingerprint density at radius 1 is 0.925 bits per heavy atom. The fourth-order valence-corrected chi connectivity index (χ4v) is 5.00. The summed E-state index contributed by atoms with van der Waals surface area (Å²) >= 11 is 0. The Labute approximate surface area is 231 Å². The maximum absolute atomic E-state index is 15.6. The number of hydrogen-bond acceptors (Lipinski definition) is 5. The molecule has 6 nitrogen and oxygen atoms in total. The molecular weight excluding hydrogens is 514 g/mol. The molecule has 0 radical (unpaired) electrons. The predicted octanol–water partition coefficient (Wildman–Crippen LogP) is 6.73. The monoisotopic (exact) mass is 544 g/mol. The fraction of sp³-hybridized carbons (Fsp3) is 0.250. The first-order chi connectivity index (χ1) is 19.2. The maximum atomic E-state index is 15.6. The van der Waals surface area contributed by atoms with Gasteiger partial charge >= 0.3 is 5.97 Å². The molecule has 1 saturated heterocycles. The quantitative estimate of drug-likeness (QED) is 0.252. The van der Waals surface area contributed by atoms with Gasteiger partial charge in [0.25, 0.3) is 0 Å². The van der Waals surface area contributed by atoms with E-state index in [2.05, 4.69) is 4.98 Å². The van der Waals surface area contributed by atoms with E-state index in [0.717, 1.165) is 11.1 Å². The minimum absolute atomic E-state index is 0.0354. The van der Waals surface area contributed by atoms with E-state index >= 15 is 8.78 Å². The topological polar surface area (TPSA) is 71.9 Å². The van der Waals surface area contributed by atoms with Crippen LogP contribution in [0.5, 0.6) is 11.8 Å². The highest BCUT2D eigenvalue weighted by Gasteiger charge is 2.44. The normalized spacial score (nSPS) is 16.1. The van der Waals surface area contributed by atoms with Crippen LogP contribution in [0.2, 0.25) is 0 Å². The Kier molecular flexibility index (Phi) is 7.69. The van der Waals surface area contributed by atoms with E-state index in [-0.39, 0.29) is 48.3 Å². The van der Waals surface area contributed by atoms with Gasteiger partial charge in [0, 0.05) is 24.8 Å². The number of aliphatic carboxylic acids is 1. The second kappa shape index (κ2) is 11.3. The van der Waals surface area contributed by atoms with Gasteiger partial charge in [-0.15, -0.1) is 0 Å². The molecule has 0 aliphatic carbocycles. The number of aromatic nitrogens is 1. The van der Waals surface area contributed by atoms with Gasteiger partial charge in [-0.1, -0.05) is 74.5 Å². The molecule has 0 saturated carbocycles. The number of benzene rings is 3. The molecule has 1 unspecified atom stereocenters. The first-order valence-electron chi connectivity index (χ1n) is 13.0. The number of nitrogens with zero attached hydrogens (tertiary/aromatic N) is 2. The van der Waals surface area contributed by atoms with Crippen molar-refractivity contribution >= 4 is 11.7 Å². The molecule has 2 heterocycles. The van der Waals surface area contributed by atoms with Crippen molar-refractivity contribution in [3.05, 3.63) is 108 Å². The van der Waals surface area contributed by atoms with E-state index in [1.54, 1.807) is 11.0 Å². The molecule has 1 N–H and O–H groups in total. The van der Waals surface area contributed by atoms with Crippen molar-refractivity contribution in [2.75, 3.05) is 18.0 Å². The summed E-state index contributed by atoms with van der Waals surface area (Å²) in [5.74, 6) is -2.87. The zero-order valence-corrected chi connectivity index (χ0v) is 22.3. The summed E-state index contributed by atoms with van der Waals surface area (Å²) in [7, 11) is 0. The summed E-state index contributed by atoms with van der Waals surface area (Å²) in [6.07, 6.45) is 0. The van der Waals surface area contributed by atoms with Crippen LogP contribution in [0, 0.1) is 23.0 Å². The number of halogens is 2. The molecule has 4 aromatic rings. The van der Waals surface area contributed by atoms with Crippen molar-refractivity contribution in [3.63, 3.8) is 0 Å². The second-order valence-electron chi connectivity index (χ2n) is 10.6. The highest BCUT2D eigenvalue weighted by atomic mass is 19.1. The average Bonchev–Trinajstić information content (AvgIpc) is 3.27. The number of hydrogen-bond donors (Lipinski definition) is 1. The molecule has 1 aromatic heterocycles. The van der Waals surface area contributed by atoms with Crippen LogP contribution in [0.25, 0.3) is 11.1 Å². The number of carboxylic acids is 1. The maximum Gasteiger partial charge on any atom is 0.308 e. The number of ether oxygens (including phenoxy) is 2. The van der Waals surface area contributed by atoms with Crippen molar-refractivity contribution < 1.29 is 28.2 Å².